The third-order valence-electron chi connectivity index (χ3n) is 5.61. The molecule has 2 bridgehead atoms. The van der Waals surface area contributed by atoms with Crippen molar-refractivity contribution < 1.29 is 18.3 Å². The highest BCUT2D eigenvalue weighted by molar-refractivity contribution is 9.10. The Morgan fingerprint density at radius 3 is 2.82 bits per heavy atom. The Morgan fingerprint density at radius 1 is 1.29 bits per heavy atom. The van der Waals surface area contributed by atoms with E-state index in [1.165, 1.54) is 5.41 Å². The first-order valence-electron chi connectivity index (χ1n) is 9.67. The number of rotatable bonds is 9. The molecule has 2 fully saturated rings. The van der Waals surface area contributed by atoms with E-state index in [0.717, 1.165) is 35.7 Å². The third kappa shape index (κ3) is 6.03. The van der Waals surface area contributed by atoms with Crippen LogP contribution < -0.4 is 4.72 Å². The highest BCUT2D eigenvalue weighted by Crippen LogP contribution is 2.49. The lowest BCUT2D eigenvalue weighted by Gasteiger charge is -2.27. The number of carboxylic acids is 1. The fourth-order valence-corrected chi connectivity index (χ4v) is 5.96. The summed E-state index contributed by atoms with van der Waals surface area (Å²) in [6.07, 6.45) is 10.5. The summed E-state index contributed by atoms with van der Waals surface area (Å²) in [7, 11) is -3.50. The van der Waals surface area contributed by atoms with Crippen molar-refractivity contribution >= 4 is 38.0 Å². The summed E-state index contributed by atoms with van der Waals surface area (Å²) in [6.45, 7) is 0. The van der Waals surface area contributed by atoms with Gasteiger partial charge in [0.25, 0.3) is 0 Å². The number of allylic oxidation sites excluding steroid dienone is 2. The number of hydrogen-bond acceptors (Lipinski definition) is 3. The maximum atomic E-state index is 12.5. The van der Waals surface area contributed by atoms with Gasteiger partial charge in [0.05, 0.1) is 0 Å². The Hall–Kier alpha value is -1.44. The van der Waals surface area contributed by atoms with Crippen LogP contribution in [0.2, 0.25) is 0 Å². The summed E-state index contributed by atoms with van der Waals surface area (Å²) in [5, 5.41) is 9.93. The summed E-state index contributed by atoms with van der Waals surface area (Å²) in [5.41, 5.74) is 0.829. The molecule has 28 heavy (non-hydrogen) atoms. The Bertz CT molecular complexity index is 865. The van der Waals surface area contributed by atoms with Gasteiger partial charge in [-0.1, -0.05) is 40.2 Å². The second-order valence-electron chi connectivity index (χ2n) is 7.74. The molecule has 2 N–H and O–H groups in total. The number of aliphatic carboxylic acids is 1. The average Bonchev–Trinajstić information content (AvgIpc) is 3.19. The summed E-state index contributed by atoms with van der Waals surface area (Å²) >= 11 is 3.39. The number of fused-ring (bicyclic) bond motifs is 2. The first-order chi connectivity index (χ1) is 13.3. The zero-order chi connectivity index (χ0) is 20.1. The lowest BCUT2D eigenvalue weighted by molar-refractivity contribution is -0.137. The van der Waals surface area contributed by atoms with Gasteiger partial charge in [0.2, 0.25) is 10.0 Å². The summed E-state index contributed by atoms with van der Waals surface area (Å²) in [4.78, 5) is 10.6. The van der Waals surface area contributed by atoms with Gasteiger partial charge in [-0.3, -0.25) is 4.79 Å². The van der Waals surface area contributed by atoms with Gasteiger partial charge in [-0.25, -0.2) is 13.1 Å². The van der Waals surface area contributed by atoms with E-state index in [1.807, 2.05) is 24.3 Å². The molecule has 0 amide bonds. The minimum atomic E-state index is -3.50. The van der Waals surface area contributed by atoms with E-state index in [9.17, 15) is 13.2 Å². The zero-order valence-corrected chi connectivity index (χ0v) is 18.0. The van der Waals surface area contributed by atoms with Crippen LogP contribution in [0.4, 0.5) is 0 Å². The van der Waals surface area contributed by atoms with Crippen molar-refractivity contribution in [1.29, 1.82) is 0 Å². The van der Waals surface area contributed by atoms with Gasteiger partial charge in [0, 0.05) is 22.3 Å². The first kappa shape index (κ1) is 21.3. The number of hydrogen-bond donors (Lipinski definition) is 2. The number of carbonyl (C=O) groups is 1. The number of unbranched alkanes of at least 4 members (excludes halogenated alkanes) is 1. The standard InChI is InChI=1S/C21H26BrNO4S/c22-18-7-4-5-15(12-18)9-10-28(26,27)23-20-14-16-11-17(19(20)13-16)6-2-1-3-8-21(24)25/h2,4-7,9-10,12,16-17,19-20,23H,1,3,8,11,13-14H2,(H,24,25)/b6-2+,10-9+. The maximum Gasteiger partial charge on any atom is 0.303 e. The molecule has 1 aromatic rings. The molecule has 152 valence electrons. The molecule has 0 heterocycles. The van der Waals surface area contributed by atoms with Crippen LogP contribution >= 0.6 is 15.9 Å². The summed E-state index contributed by atoms with van der Waals surface area (Å²) < 4.78 is 28.8. The van der Waals surface area contributed by atoms with Crippen LogP contribution in [0.5, 0.6) is 0 Å². The molecule has 5 nitrogen and oxygen atoms in total. The largest absolute Gasteiger partial charge is 0.481 e. The minimum absolute atomic E-state index is 0.0235. The number of benzene rings is 1. The highest BCUT2D eigenvalue weighted by atomic mass is 79.9. The zero-order valence-electron chi connectivity index (χ0n) is 15.6. The molecule has 0 radical (unpaired) electrons. The van der Waals surface area contributed by atoms with E-state index < -0.39 is 16.0 Å². The lowest BCUT2D eigenvalue weighted by atomic mass is 9.85. The van der Waals surface area contributed by atoms with E-state index >= 15 is 0 Å². The van der Waals surface area contributed by atoms with Crippen molar-refractivity contribution in [2.75, 3.05) is 0 Å². The van der Waals surface area contributed by atoms with Crippen molar-refractivity contribution in [3.8, 4) is 0 Å². The number of carboxylic acid groups (broad SMARTS) is 1. The van der Waals surface area contributed by atoms with E-state index in [2.05, 4.69) is 32.8 Å². The highest BCUT2D eigenvalue weighted by Gasteiger charge is 2.46. The van der Waals surface area contributed by atoms with Crippen molar-refractivity contribution in [3.63, 3.8) is 0 Å². The van der Waals surface area contributed by atoms with Crippen molar-refractivity contribution in [1.82, 2.24) is 4.72 Å². The monoisotopic (exact) mass is 467 g/mol. The first-order valence-corrected chi connectivity index (χ1v) is 12.0. The summed E-state index contributed by atoms with van der Waals surface area (Å²) in [6, 6.07) is 7.47. The Balaban J connectivity index is 1.55. The van der Waals surface area contributed by atoms with Gasteiger partial charge in [-0.15, -0.1) is 0 Å². The van der Waals surface area contributed by atoms with Gasteiger partial charge in [-0.2, -0.15) is 0 Å². The van der Waals surface area contributed by atoms with Crippen LogP contribution in [0.25, 0.3) is 6.08 Å². The van der Waals surface area contributed by atoms with Crippen molar-refractivity contribution in [2.24, 2.45) is 17.8 Å². The Morgan fingerprint density at radius 2 is 2.11 bits per heavy atom. The minimum Gasteiger partial charge on any atom is -0.481 e. The summed E-state index contributed by atoms with van der Waals surface area (Å²) in [5.74, 6) is 0.513. The van der Waals surface area contributed by atoms with Gasteiger partial charge in [0.15, 0.2) is 0 Å². The van der Waals surface area contributed by atoms with E-state index in [1.54, 1.807) is 6.08 Å². The molecule has 0 saturated heterocycles. The SMILES string of the molecule is O=C(O)CCC/C=C/C1CC2CC(NS(=O)(=O)/C=C/c3cccc(Br)c3)C1C2. The number of sulfonamides is 1. The average molecular weight is 468 g/mol. The van der Waals surface area contributed by atoms with Crippen LogP contribution in [0.15, 0.2) is 46.3 Å². The molecule has 3 rings (SSSR count). The topological polar surface area (TPSA) is 83.5 Å². The second kappa shape index (κ2) is 9.37. The molecular weight excluding hydrogens is 442 g/mol. The van der Waals surface area contributed by atoms with Gasteiger partial charge in [-0.05, 0) is 73.6 Å². The van der Waals surface area contributed by atoms with Gasteiger partial charge in [0.1, 0.15) is 0 Å². The molecule has 0 aliphatic heterocycles. The maximum absolute atomic E-state index is 12.5. The van der Waals surface area contributed by atoms with Gasteiger partial charge >= 0.3 is 5.97 Å². The van der Waals surface area contributed by atoms with Crippen LogP contribution in [-0.2, 0) is 14.8 Å². The van der Waals surface area contributed by atoms with E-state index in [0.29, 0.717) is 24.2 Å². The van der Waals surface area contributed by atoms with Crippen LogP contribution in [0.3, 0.4) is 0 Å². The number of halogens is 1. The Labute approximate surface area is 175 Å². The molecule has 1 aromatic carbocycles. The molecule has 2 aliphatic rings. The smallest absolute Gasteiger partial charge is 0.303 e. The van der Waals surface area contributed by atoms with E-state index in [4.69, 9.17) is 5.11 Å². The predicted molar refractivity (Wildman–Crippen MR) is 114 cm³/mol. The molecule has 0 aromatic heterocycles. The van der Waals surface area contributed by atoms with Crippen LogP contribution in [-0.4, -0.2) is 25.5 Å². The molecule has 7 heteroatoms. The quantitative estimate of drug-likeness (QED) is 0.411. The molecular formula is C21H26BrNO4S. The third-order valence-corrected chi connectivity index (χ3v) is 7.23. The van der Waals surface area contributed by atoms with Crippen LogP contribution in [0, 0.1) is 17.8 Å². The Kier molecular flexibility index (Phi) is 7.12. The van der Waals surface area contributed by atoms with Crippen LogP contribution in [0.1, 0.15) is 44.1 Å². The fourth-order valence-electron chi connectivity index (χ4n) is 4.43. The molecule has 0 spiro atoms. The van der Waals surface area contributed by atoms with Gasteiger partial charge < -0.3 is 5.11 Å². The number of nitrogens with one attached hydrogen (secondary N) is 1. The van der Waals surface area contributed by atoms with Crippen molar-refractivity contribution in [2.45, 2.75) is 44.6 Å². The normalized spacial score (nSPS) is 27.2. The fraction of sp³-hybridized carbons (Fsp3) is 0.476. The molecule has 4 unspecified atom stereocenters. The van der Waals surface area contributed by atoms with E-state index in [-0.39, 0.29) is 12.5 Å². The molecule has 2 aliphatic carbocycles. The lowest BCUT2D eigenvalue weighted by Crippen LogP contribution is -2.40. The van der Waals surface area contributed by atoms with Crippen molar-refractivity contribution in [3.05, 3.63) is 51.9 Å². The molecule has 2 saturated carbocycles. The second-order valence-corrected chi connectivity index (χ2v) is 10.3. The predicted octanol–water partition coefficient (Wildman–Crippen LogP) is 4.57. The molecule has 4 atom stereocenters.